The number of likely N-dealkylation sites (N-methyl/N-ethyl adjacent to an activating group) is 1. The summed E-state index contributed by atoms with van der Waals surface area (Å²) in [7, 11) is -1.85. The molecular weight excluding hydrogens is 364 g/mol. The van der Waals surface area contributed by atoms with Crippen LogP contribution in [0, 0.1) is 11.8 Å². The van der Waals surface area contributed by atoms with Crippen LogP contribution in [0.25, 0.3) is 0 Å². The maximum atomic E-state index is 12.0. The number of hydrogen-bond donors (Lipinski definition) is 1. The van der Waals surface area contributed by atoms with Gasteiger partial charge < -0.3 is 10.0 Å². The van der Waals surface area contributed by atoms with Gasteiger partial charge in [0, 0.05) is 38.4 Å². The molecule has 1 saturated heterocycles. The highest BCUT2D eigenvalue weighted by atomic mass is 32.2. The fourth-order valence-electron chi connectivity index (χ4n) is 3.54. The van der Waals surface area contributed by atoms with Crippen LogP contribution in [0.5, 0.6) is 0 Å². The number of carbonyl (C=O) groups excluding carboxylic acids is 1. The number of benzene rings is 1. The zero-order chi connectivity index (χ0) is 20.2. The Hall–Kier alpha value is -1.88. The largest absolute Gasteiger partial charge is 0.394 e. The third kappa shape index (κ3) is 4.89. The molecule has 1 aromatic rings. The SMILES string of the molecule is CCCC#Cc1ccc([C@H]2[C@@H](CO)N(C(C)=O)[C@H]2CN(C)S(C)(=O)=O)cc1. The molecule has 1 aliphatic heterocycles. The number of rotatable bonds is 6. The van der Waals surface area contributed by atoms with E-state index in [-0.39, 0.29) is 37.1 Å². The van der Waals surface area contributed by atoms with Crippen LogP contribution in [0.15, 0.2) is 24.3 Å². The van der Waals surface area contributed by atoms with Crippen molar-refractivity contribution in [3.8, 4) is 11.8 Å². The third-order valence-electron chi connectivity index (χ3n) is 5.01. The molecule has 1 aliphatic rings. The average molecular weight is 393 g/mol. The molecule has 1 fully saturated rings. The van der Waals surface area contributed by atoms with Crippen LogP contribution in [0.1, 0.15) is 43.7 Å². The van der Waals surface area contributed by atoms with E-state index < -0.39 is 10.0 Å². The second kappa shape index (κ2) is 8.87. The molecule has 7 heteroatoms. The van der Waals surface area contributed by atoms with Crippen LogP contribution in [0.4, 0.5) is 0 Å². The standard InChI is InChI=1S/C20H28N2O4S/c1-5-6-7-8-16-9-11-17(12-10-16)20-18(13-21(3)27(4,25)26)22(15(2)24)19(20)14-23/h9-12,18-20,23H,5-6,13-14H2,1-4H3/t18-,19+,20+/m0/s1. The zero-order valence-corrected chi connectivity index (χ0v) is 17.2. The van der Waals surface area contributed by atoms with Crippen molar-refractivity contribution in [1.29, 1.82) is 0 Å². The quantitative estimate of drug-likeness (QED) is 0.743. The molecule has 0 radical (unpaired) electrons. The van der Waals surface area contributed by atoms with E-state index in [1.54, 1.807) is 4.90 Å². The molecule has 1 amide bonds. The summed E-state index contributed by atoms with van der Waals surface area (Å²) < 4.78 is 24.9. The van der Waals surface area contributed by atoms with Crippen molar-refractivity contribution in [2.24, 2.45) is 0 Å². The molecule has 1 aromatic carbocycles. The minimum absolute atomic E-state index is 0.124. The molecule has 0 aliphatic carbocycles. The summed E-state index contributed by atoms with van der Waals surface area (Å²) in [5.41, 5.74) is 1.89. The highest BCUT2D eigenvalue weighted by Crippen LogP contribution is 2.41. The van der Waals surface area contributed by atoms with E-state index in [9.17, 15) is 18.3 Å². The van der Waals surface area contributed by atoms with Crippen molar-refractivity contribution in [2.75, 3.05) is 26.5 Å². The third-order valence-corrected chi connectivity index (χ3v) is 6.29. The first-order valence-electron chi connectivity index (χ1n) is 9.10. The lowest BCUT2D eigenvalue weighted by atomic mass is 9.75. The molecule has 0 saturated carbocycles. The summed E-state index contributed by atoms with van der Waals surface area (Å²) in [5.74, 6) is 5.93. The van der Waals surface area contributed by atoms with Crippen molar-refractivity contribution < 1.29 is 18.3 Å². The van der Waals surface area contributed by atoms with Crippen molar-refractivity contribution in [3.05, 3.63) is 35.4 Å². The Kier molecular flexibility index (Phi) is 7.04. The monoisotopic (exact) mass is 392 g/mol. The maximum absolute atomic E-state index is 12.0. The molecule has 2 rings (SSSR count). The van der Waals surface area contributed by atoms with E-state index in [1.807, 2.05) is 24.3 Å². The normalized spacial score (nSPS) is 22.1. The van der Waals surface area contributed by atoms with Gasteiger partial charge in [0.15, 0.2) is 0 Å². The highest BCUT2D eigenvalue weighted by Gasteiger charge is 2.50. The number of unbranched alkanes of at least 4 members (excludes halogenated alkanes) is 1. The zero-order valence-electron chi connectivity index (χ0n) is 16.3. The van der Waals surface area contributed by atoms with Crippen LogP contribution in [0.2, 0.25) is 0 Å². The first kappa shape index (κ1) is 21.4. The van der Waals surface area contributed by atoms with Crippen LogP contribution in [-0.4, -0.2) is 67.2 Å². The lowest BCUT2D eigenvalue weighted by Crippen LogP contribution is -2.68. The van der Waals surface area contributed by atoms with Gasteiger partial charge in [0.2, 0.25) is 15.9 Å². The maximum Gasteiger partial charge on any atom is 0.220 e. The Labute approximate surface area is 162 Å². The number of nitrogens with zero attached hydrogens (tertiary/aromatic N) is 2. The van der Waals surface area contributed by atoms with E-state index in [2.05, 4.69) is 18.8 Å². The minimum atomic E-state index is -3.36. The molecule has 3 atom stereocenters. The van der Waals surface area contributed by atoms with Crippen molar-refractivity contribution >= 4 is 15.9 Å². The fourth-order valence-corrected chi connectivity index (χ4v) is 3.96. The van der Waals surface area contributed by atoms with Gasteiger partial charge in [-0.25, -0.2) is 12.7 Å². The van der Waals surface area contributed by atoms with Gasteiger partial charge in [-0.15, -0.1) is 0 Å². The van der Waals surface area contributed by atoms with Gasteiger partial charge in [0.1, 0.15) is 0 Å². The Bertz CT molecular complexity index is 824. The van der Waals surface area contributed by atoms with Crippen molar-refractivity contribution in [1.82, 2.24) is 9.21 Å². The molecule has 0 spiro atoms. The van der Waals surface area contributed by atoms with Crippen LogP contribution in [0.3, 0.4) is 0 Å². The second-order valence-electron chi connectivity index (χ2n) is 6.99. The molecule has 6 nitrogen and oxygen atoms in total. The Morgan fingerprint density at radius 1 is 1.26 bits per heavy atom. The van der Waals surface area contributed by atoms with Crippen LogP contribution in [-0.2, 0) is 14.8 Å². The molecular formula is C20H28N2O4S. The lowest BCUT2D eigenvalue weighted by molar-refractivity contribution is -0.148. The summed E-state index contributed by atoms with van der Waals surface area (Å²) in [6.45, 7) is 3.55. The summed E-state index contributed by atoms with van der Waals surface area (Å²) >= 11 is 0. The summed E-state index contributed by atoms with van der Waals surface area (Å²) in [4.78, 5) is 13.6. The van der Waals surface area contributed by atoms with Gasteiger partial charge in [-0.1, -0.05) is 30.9 Å². The van der Waals surface area contributed by atoms with Gasteiger partial charge in [-0.3, -0.25) is 4.79 Å². The predicted molar refractivity (Wildman–Crippen MR) is 106 cm³/mol. The fraction of sp³-hybridized carbons (Fsp3) is 0.550. The molecule has 27 heavy (non-hydrogen) atoms. The summed E-state index contributed by atoms with van der Waals surface area (Å²) in [5, 5.41) is 9.80. The molecule has 1 N–H and O–H groups in total. The number of hydrogen-bond acceptors (Lipinski definition) is 4. The Morgan fingerprint density at radius 2 is 1.89 bits per heavy atom. The molecule has 148 valence electrons. The van der Waals surface area contributed by atoms with Gasteiger partial charge >= 0.3 is 0 Å². The summed E-state index contributed by atoms with van der Waals surface area (Å²) in [6, 6.07) is 7.11. The molecule has 0 unspecified atom stereocenters. The molecule has 0 bridgehead atoms. The van der Waals surface area contributed by atoms with Gasteiger partial charge in [-0.05, 0) is 24.1 Å². The highest BCUT2D eigenvalue weighted by molar-refractivity contribution is 7.88. The van der Waals surface area contributed by atoms with E-state index in [0.717, 1.165) is 30.2 Å². The van der Waals surface area contributed by atoms with E-state index in [1.165, 1.54) is 18.3 Å². The Balaban J connectivity index is 2.28. The number of carbonyl (C=O) groups is 1. The number of aliphatic hydroxyl groups is 1. The number of likely N-dealkylation sites (tertiary alicyclic amines) is 1. The smallest absolute Gasteiger partial charge is 0.220 e. The number of aliphatic hydroxyl groups excluding tert-OH is 1. The van der Waals surface area contributed by atoms with E-state index >= 15 is 0 Å². The van der Waals surface area contributed by atoms with Gasteiger partial charge in [-0.2, -0.15) is 0 Å². The first-order valence-corrected chi connectivity index (χ1v) is 11.0. The van der Waals surface area contributed by atoms with Crippen LogP contribution < -0.4 is 0 Å². The average Bonchev–Trinajstić information content (AvgIpc) is 2.58. The van der Waals surface area contributed by atoms with E-state index in [0.29, 0.717) is 0 Å². The van der Waals surface area contributed by atoms with Gasteiger partial charge in [0.25, 0.3) is 0 Å². The lowest BCUT2D eigenvalue weighted by Gasteiger charge is -2.55. The molecule has 1 heterocycles. The number of sulfonamides is 1. The molecule has 0 aromatic heterocycles. The van der Waals surface area contributed by atoms with Crippen molar-refractivity contribution in [2.45, 2.75) is 44.7 Å². The van der Waals surface area contributed by atoms with Gasteiger partial charge in [0.05, 0.1) is 24.9 Å². The van der Waals surface area contributed by atoms with E-state index in [4.69, 9.17) is 0 Å². The number of amides is 1. The van der Waals surface area contributed by atoms with Crippen LogP contribution >= 0.6 is 0 Å². The summed E-state index contributed by atoms with van der Waals surface area (Å²) in [6.07, 6.45) is 3.01. The predicted octanol–water partition coefficient (Wildman–Crippen LogP) is 1.40. The first-order chi connectivity index (χ1) is 12.7. The topological polar surface area (TPSA) is 77.9 Å². The Morgan fingerprint density at radius 3 is 2.37 bits per heavy atom. The second-order valence-corrected chi connectivity index (χ2v) is 9.08. The van der Waals surface area contributed by atoms with Crippen molar-refractivity contribution in [3.63, 3.8) is 0 Å². The minimum Gasteiger partial charge on any atom is -0.394 e.